The minimum absolute atomic E-state index is 0.320. The Hall–Kier alpha value is -1.36. The van der Waals surface area contributed by atoms with Crippen molar-refractivity contribution in [1.29, 1.82) is 0 Å². The van der Waals surface area contributed by atoms with Crippen molar-refractivity contribution < 1.29 is 19.1 Å². The van der Waals surface area contributed by atoms with E-state index in [4.69, 9.17) is 4.74 Å². The van der Waals surface area contributed by atoms with Crippen LogP contribution in [-0.2, 0) is 20.7 Å². The van der Waals surface area contributed by atoms with Crippen molar-refractivity contribution in [2.24, 2.45) is 0 Å². The van der Waals surface area contributed by atoms with E-state index in [1.54, 1.807) is 13.0 Å². The second-order valence-corrected chi connectivity index (χ2v) is 4.92. The minimum atomic E-state index is -1.24. The summed E-state index contributed by atoms with van der Waals surface area (Å²) >= 11 is 3.30. The van der Waals surface area contributed by atoms with E-state index in [1.165, 1.54) is 7.11 Å². The number of cyclic esters (lactones) is 1. The second kappa shape index (κ2) is 4.14. The summed E-state index contributed by atoms with van der Waals surface area (Å²) in [6.45, 7) is 1.56. The highest BCUT2D eigenvalue weighted by Crippen LogP contribution is 2.32. The van der Waals surface area contributed by atoms with E-state index < -0.39 is 17.5 Å². The number of ether oxygens (including phenoxy) is 2. The van der Waals surface area contributed by atoms with Gasteiger partial charge in [-0.1, -0.05) is 12.1 Å². The van der Waals surface area contributed by atoms with E-state index in [9.17, 15) is 9.59 Å². The fraction of sp³-hybridized carbons (Fsp3) is 0.333. The maximum Gasteiger partial charge on any atom is 0.350 e. The van der Waals surface area contributed by atoms with Crippen molar-refractivity contribution in [2.45, 2.75) is 18.9 Å². The summed E-state index contributed by atoms with van der Waals surface area (Å²) in [5.74, 6) is -1.05. The zero-order valence-electron chi connectivity index (χ0n) is 9.45. The number of carbonyl (C=O) groups is 2. The molecule has 0 bridgehead atoms. The van der Waals surface area contributed by atoms with Crippen LogP contribution in [0.4, 0.5) is 0 Å². The third-order valence-electron chi connectivity index (χ3n) is 2.77. The van der Waals surface area contributed by atoms with Crippen LogP contribution >= 0.6 is 15.9 Å². The Labute approximate surface area is 107 Å². The highest BCUT2D eigenvalue weighted by Gasteiger charge is 2.44. The standard InChI is InChI=1S/C12H11BrO4/c1-12(11(15)16-2)6-7-4-3-5-8(13)9(7)10(14)17-12/h3-5H,6H2,1-2H3. The summed E-state index contributed by atoms with van der Waals surface area (Å²) in [5, 5.41) is 0. The molecule has 4 nitrogen and oxygen atoms in total. The Morgan fingerprint density at radius 2 is 2.24 bits per heavy atom. The highest BCUT2D eigenvalue weighted by molar-refractivity contribution is 9.10. The van der Waals surface area contributed by atoms with Crippen molar-refractivity contribution in [1.82, 2.24) is 0 Å². The maximum absolute atomic E-state index is 11.9. The predicted molar refractivity (Wildman–Crippen MR) is 63.7 cm³/mol. The van der Waals surface area contributed by atoms with Crippen LogP contribution in [0.15, 0.2) is 22.7 Å². The van der Waals surface area contributed by atoms with Crippen LogP contribution in [0.3, 0.4) is 0 Å². The molecule has 1 heterocycles. The van der Waals surface area contributed by atoms with Gasteiger partial charge in [-0.25, -0.2) is 9.59 Å². The first kappa shape index (κ1) is 12.1. The van der Waals surface area contributed by atoms with E-state index in [0.717, 1.165) is 5.56 Å². The number of carbonyl (C=O) groups excluding carboxylic acids is 2. The molecule has 2 rings (SSSR count). The van der Waals surface area contributed by atoms with Gasteiger partial charge in [0.05, 0.1) is 12.7 Å². The molecule has 0 radical (unpaired) electrons. The quantitative estimate of drug-likeness (QED) is 0.745. The normalized spacial score (nSPS) is 22.6. The predicted octanol–water partition coefficient (Wildman–Crippen LogP) is 2.09. The number of esters is 2. The van der Waals surface area contributed by atoms with Gasteiger partial charge >= 0.3 is 11.9 Å². The molecule has 0 saturated heterocycles. The SMILES string of the molecule is COC(=O)C1(C)Cc2cccc(Br)c2C(=O)O1. The molecule has 1 atom stereocenters. The lowest BCUT2D eigenvalue weighted by Crippen LogP contribution is -2.46. The van der Waals surface area contributed by atoms with Crippen LogP contribution in [-0.4, -0.2) is 24.6 Å². The van der Waals surface area contributed by atoms with Crippen molar-refractivity contribution in [3.8, 4) is 0 Å². The van der Waals surface area contributed by atoms with Crippen molar-refractivity contribution in [3.63, 3.8) is 0 Å². The topological polar surface area (TPSA) is 52.6 Å². The molecule has 0 N–H and O–H groups in total. The zero-order valence-corrected chi connectivity index (χ0v) is 11.0. The van der Waals surface area contributed by atoms with Gasteiger partial charge in [-0.3, -0.25) is 0 Å². The minimum Gasteiger partial charge on any atom is -0.466 e. The molecule has 17 heavy (non-hydrogen) atoms. The molecule has 5 heteroatoms. The fourth-order valence-corrected chi connectivity index (χ4v) is 2.50. The fourth-order valence-electron chi connectivity index (χ4n) is 1.93. The smallest absolute Gasteiger partial charge is 0.350 e. The van der Waals surface area contributed by atoms with Crippen LogP contribution in [0, 0.1) is 0 Å². The second-order valence-electron chi connectivity index (χ2n) is 4.06. The number of rotatable bonds is 1. The molecule has 0 aromatic heterocycles. The number of hydrogen-bond donors (Lipinski definition) is 0. The first-order chi connectivity index (χ1) is 7.98. The van der Waals surface area contributed by atoms with E-state index >= 15 is 0 Å². The summed E-state index contributed by atoms with van der Waals surface area (Å²) in [6.07, 6.45) is 0.320. The number of benzene rings is 1. The van der Waals surface area contributed by atoms with Gasteiger partial charge in [0.1, 0.15) is 0 Å². The molecular formula is C12H11BrO4. The highest BCUT2D eigenvalue weighted by atomic mass is 79.9. The van der Waals surface area contributed by atoms with E-state index in [0.29, 0.717) is 16.5 Å². The van der Waals surface area contributed by atoms with E-state index in [2.05, 4.69) is 20.7 Å². The number of halogens is 1. The lowest BCUT2D eigenvalue weighted by Gasteiger charge is -2.32. The molecule has 1 unspecified atom stereocenters. The molecular weight excluding hydrogens is 288 g/mol. The number of methoxy groups -OCH3 is 1. The molecule has 0 fully saturated rings. The average molecular weight is 299 g/mol. The van der Waals surface area contributed by atoms with Gasteiger partial charge in [-0.05, 0) is 34.5 Å². The average Bonchev–Trinajstić information content (AvgIpc) is 2.27. The van der Waals surface area contributed by atoms with Gasteiger partial charge in [0.25, 0.3) is 0 Å². The third kappa shape index (κ3) is 1.95. The summed E-state index contributed by atoms with van der Waals surface area (Å²) in [4.78, 5) is 23.5. The van der Waals surface area contributed by atoms with E-state index in [1.807, 2.05) is 12.1 Å². The molecule has 1 aliphatic rings. The van der Waals surface area contributed by atoms with Gasteiger partial charge in [0, 0.05) is 10.9 Å². The molecule has 0 saturated carbocycles. The van der Waals surface area contributed by atoms with Gasteiger partial charge in [-0.15, -0.1) is 0 Å². The molecule has 90 valence electrons. The van der Waals surface area contributed by atoms with Crippen LogP contribution < -0.4 is 0 Å². The molecule has 0 aliphatic carbocycles. The zero-order chi connectivity index (χ0) is 12.6. The lowest BCUT2D eigenvalue weighted by atomic mass is 9.90. The van der Waals surface area contributed by atoms with Gasteiger partial charge in [-0.2, -0.15) is 0 Å². The Kier molecular flexibility index (Phi) is 2.95. The molecule has 0 amide bonds. The number of fused-ring (bicyclic) bond motifs is 1. The Morgan fingerprint density at radius 1 is 1.53 bits per heavy atom. The van der Waals surface area contributed by atoms with Gasteiger partial charge < -0.3 is 9.47 Å². The first-order valence-corrected chi connectivity index (χ1v) is 5.86. The summed E-state index contributed by atoms with van der Waals surface area (Å²) in [5.41, 5.74) is 0.0250. The first-order valence-electron chi connectivity index (χ1n) is 5.07. The van der Waals surface area contributed by atoms with Crippen LogP contribution in [0.25, 0.3) is 0 Å². The third-order valence-corrected chi connectivity index (χ3v) is 3.43. The van der Waals surface area contributed by atoms with E-state index in [-0.39, 0.29) is 0 Å². The summed E-state index contributed by atoms with van der Waals surface area (Å²) < 4.78 is 10.5. The Morgan fingerprint density at radius 3 is 2.88 bits per heavy atom. The molecule has 1 aromatic rings. The number of hydrogen-bond acceptors (Lipinski definition) is 4. The molecule has 1 aromatic carbocycles. The van der Waals surface area contributed by atoms with Crippen LogP contribution in [0.2, 0.25) is 0 Å². The Bertz CT molecular complexity index is 497. The summed E-state index contributed by atoms with van der Waals surface area (Å²) in [7, 11) is 1.28. The van der Waals surface area contributed by atoms with Crippen molar-refractivity contribution in [3.05, 3.63) is 33.8 Å². The van der Waals surface area contributed by atoms with Gasteiger partial charge in [0.15, 0.2) is 0 Å². The van der Waals surface area contributed by atoms with Crippen molar-refractivity contribution >= 4 is 27.9 Å². The molecule has 0 spiro atoms. The summed E-state index contributed by atoms with van der Waals surface area (Å²) in [6, 6.07) is 5.39. The van der Waals surface area contributed by atoms with Crippen molar-refractivity contribution in [2.75, 3.05) is 7.11 Å². The monoisotopic (exact) mass is 298 g/mol. The molecule has 1 aliphatic heterocycles. The van der Waals surface area contributed by atoms with Gasteiger partial charge in [0.2, 0.25) is 5.60 Å². The maximum atomic E-state index is 11.9. The largest absolute Gasteiger partial charge is 0.466 e. The van der Waals surface area contributed by atoms with Crippen LogP contribution in [0.5, 0.6) is 0 Å². The van der Waals surface area contributed by atoms with Crippen LogP contribution in [0.1, 0.15) is 22.8 Å². The Balaban J connectivity index is 2.47. The lowest BCUT2D eigenvalue weighted by molar-refractivity contribution is -0.161.